The Balaban J connectivity index is 2.18. The first-order valence-electron chi connectivity index (χ1n) is 6.44. The summed E-state index contributed by atoms with van der Waals surface area (Å²) in [5.41, 5.74) is 7.72. The Morgan fingerprint density at radius 2 is 2.00 bits per heavy atom. The largest absolute Gasteiger partial charge is 0.380 e. The van der Waals surface area contributed by atoms with Gasteiger partial charge in [-0.15, -0.1) is 0 Å². The van der Waals surface area contributed by atoms with E-state index in [0.29, 0.717) is 18.2 Å². The van der Waals surface area contributed by atoms with Crippen molar-refractivity contribution in [3.05, 3.63) is 35.9 Å². The fourth-order valence-corrected chi connectivity index (χ4v) is 1.86. The molecule has 4 N–H and O–H groups in total. The predicted octanol–water partition coefficient (Wildman–Crippen LogP) is 2.38. The number of methoxy groups -OCH3 is 1. The molecule has 0 radical (unpaired) electrons. The van der Waals surface area contributed by atoms with E-state index in [0.717, 1.165) is 17.8 Å². The minimum Gasteiger partial charge on any atom is -0.380 e. The second-order valence-electron chi connectivity index (χ2n) is 4.29. The van der Waals surface area contributed by atoms with Crippen molar-refractivity contribution in [1.29, 1.82) is 0 Å². The highest BCUT2D eigenvalue weighted by atomic mass is 16.5. The van der Waals surface area contributed by atoms with Gasteiger partial charge >= 0.3 is 0 Å². The molecule has 2 aromatic rings. The minimum absolute atomic E-state index is 0.235. The van der Waals surface area contributed by atoms with Crippen molar-refractivity contribution in [2.24, 2.45) is 0 Å². The second-order valence-corrected chi connectivity index (χ2v) is 4.29. The Morgan fingerprint density at radius 1 is 1.20 bits per heavy atom. The number of rotatable bonds is 6. The zero-order valence-electron chi connectivity index (χ0n) is 11.7. The molecule has 6 nitrogen and oxygen atoms in total. The molecule has 1 aromatic heterocycles. The fourth-order valence-electron chi connectivity index (χ4n) is 1.86. The summed E-state index contributed by atoms with van der Waals surface area (Å²) in [5.74, 6) is 1.59. The Bertz CT molecular complexity index is 573. The van der Waals surface area contributed by atoms with Crippen molar-refractivity contribution in [1.82, 2.24) is 9.97 Å². The lowest BCUT2D eigenvalue weighted by atomic mass is 10.2. The fraction of sp³-hybridized carbons (Fsp3) is 0.286. The Kier molecular flexibility index (Phi) is 4.73. The predicted molar refractivity (Wildman–Crippen MR) is 81.0 cm³/mol. The molecule has 0 amide bonds. The molecule has 1 aromatic carbocycles. The van der Waals surface area contributed by atoms with Crippen LogP contribution in [-0.2, 0) is 11.3 Å². The molecule has 106 valence electrons. The monoisotopic (exact) mass is 273 g/mol. The first-order chi connectivity index (χ1) is 9.71. The summed E-state index contributed by atoms with van der Waals surface area (Å²) in [6, 6.07) is 9.77. The van der Waals surface area contributed by atoms with Crippen LogP contribution in [0.5, 0.6) is 0 Å². The lowest BCUT2D eigenvalue weighted by Gasteiger charge is -2.10. The SMILES string of the molecule is CCNc1cc(Nc2cccc(COC)c2)nc(N)n1. The van der Waals surface area contributed by atoms with Crippen LogP contribution in [0, 0.1) is 0 Å². The molecule has 0 bridgehead atoms. The van der Waals surface area contributed by atoms with E-state index in [1.165, 1.54) is 0 Å². The van der Waals surface area contributed by atoms with Crippen LogP contribution >= 0.6 is 0 Å². The third-order valence-electron chi connectivity index (χ3n) is 2.61. The van der Waals surface area contributed by atoms with Crippen LogP contribution in [0.15, 0.2) is 30.3 Å². The van der Waals surface area contributed by atoms with E-state index in [1.807, 2.05) is 37.3 Å². The molecule has 0 fully saturated rings. The van der Waals surface area contributed by atoms with Gasteiger partial charge in [0.2, 0.25) is 5.95 Å². The molecule has 0 aliphatic rings. The van der Waals surface area contributed by atoms with Gasteiger partial charge in [-0.1, -0.05) is 12.1 Å². The number of aromatic nitrogens is 2. The van der Waals surface area contributed by atoms with Crippen LogP contribution in [-0.4, -0.2) is 23.6 Å². The molecule has 0 spiro atoms. The van der Waals surface area contributed by atoms with Crippen LogP contribution < -0.4 is 16.4 Å². The normalized spacial score (nSPS) is 10.3. The topological polar surface area (TPSA) is 85.1 Å². The van der Waals surface area contributed by atoms with E-state index >= 15 is 0 Å². The minimum atomic E-state index is 0.235. The first-order valence-corrected chi connectivity index (χ1v) is 6.44. The van der Waals surface area contributed by atoms with Gasteiger partial charge in [0.1, 0.15) is 11.6 Å². The maximum Gasteiger partial charge on any atom is 0.223 e. The van der Waals surface area contributed by atoms with Gasteiger partial charge in [-0.3, -0.25) is 0 Å². The van der Waals surface area contributed by atoms with Gasteiger partial charge in [-0.05, 0) is 24.6 Å². The van der Waals surface area contributed by atoms with E-state index in [2.05, 4.69) is 20.6 Å². The molecule has 0 unspecified atom stereocenters. The van der Waals surface area contributed by atoms with Gasteiger partial charge in [-0.25, -0.2) is 0 Å². The standard InChI is InChI=1S/C14H19N5O/c1-3-16-12-8-13(19-14(15)18-12)17-11-6-4-5-10(7-11)9-20-2/h4-8H,3,9H2,1-2H3,(H4,15,16,17,18,19). The molecule has 20 heavy (non-hydrogen) atoms. The van der Waals surface area contributed by atoms with Crippen LogP contribution in [0.1, 0.15) is 12.5 Å². The maximum atomic E-state index is 5.70. The molecular weight excluding hydrogens is 254 g/mol. The van der Waals surface area contributed by atoms with E-state index in [9.17, 15) is 0 Å². The number of nitrogens with zero attached hydrogens (tertiary/aromatic N) is 2. The summed E-state index contributed by atoms with van der Waals surface area (Å²) in [5, 5.41) is 6.33. The molecule has 0 aliphatic carbocycles. The highest BCUT2D eigenvalue weighted by Gasteiger charge is 2.03. The van der Waals surface area contributed by atoms with Gasteiger partial charge in [-0.2, -0.15) is 9.97 Å². The quantitative estimate of drug-likeness (QED) is 0.749. The summed E-state index contributed by atoms with van der Waals surface area (Å²) in [4.78, 5) is 8.28. The number of hydrogen-bond donors (Lipinski definition) is 3. The van der Waals surface area contributed by atoms with Crippen molar-refractivity contribution < 1.29 is 4.74 Å². The van der Waals surface area contributed by atoms with Gasteiger partial charge in [0.05, 0.1) is 6.61 Å². The molecule has 0 aliphatic heterocycles. The summed E-state index contributed by atoms with van der Waals surface area (Å²) >= 11 is 0. The van der Waals surface area contributed by atoms with E-state index in [-0.39, 0.29) is 5.95 Å². The van der Waals surface area contributed by atoms with Crippen molar-refractivity contribution in [2.75, 3.05) is 30.0 Å². The Hall–Kier alpha value is -2.34. The van der Waals surface area contributed by atoms with Gasteiger partial charge in [0, 0.05) is 25.4 Å². The van der Waals surface area contributed by atoms with E-state index in [4.69, 9.17) is 10.5 Å². The lowest BCUT2D eigenvalue weighted by molar-refractivity contribution is 0.185. The molecular formula is C14H19N5O. The third-order valence-corrected chi connectivity index (χ3v) is 2.61. The average Bonchev–Trinajstić information content (AvgIpc) is 2.39. The summed E-state index contributed by atoms with van der Waals surface area (Å²) in [6.45, 7) is 3.35. The van der Waals surface area contributed by atoms with Crippen LogP contribution in [0.2, 0.25) is 0 Å². The highest BCUT2D eigenvalue weighted by Crippen LogP contribution is 2.19. The lowest BCUT2D eigenvalue weighted by Crippen LogP contribution is -2.05. The second kappa shape index (κ2) is 6.72. The molecule has 0 saturated carbocycles. The number of benzene rings is 1. The molecule has 2 rings (SSSR count). The number of ether oxygens (including phenoxy) is 1. The van der Waals surface area contributed by atoms with Crippen LogP contribution in [0.4, 0.5) is 23.3 Å². The molecule has 0 saturated heterocycles. The number of nitrogens with one attached hydrogen (secondary N) is 2. The van der Waals surface area contributed by atoms with Gasteiger partial charge < -0.3 is 21.1 Å². The maximum absolute atomic E-state index is 5.70. The highest BCUT2D eigenvalue weighted by molar-refractivity contribution is 5.61. The Morgan fingerprint density at radius 3 is 2.75 bits per heavy atom. The summed E-state index contributed by atoms with van der Waals surface area (Å²) < 4.78 is 5.12. The summed E-state index contributed by atoms with van der Waals surface area (Å²) in [7, 11) is 1.67. The molecule has 6 heteroatoms. The zero-order chi connectivity index (χ0) is 14.4. The van der Waals surface area contributed by atoms with Gasteiger partial charge in [0.15, 0.2) is 0 Å². The number of hydrogen-bond acceptors (Lipinski definition) is 6. The van der Waals surface area contributed by atoms with Crippen molar-refractivity contribution in [3.8, 4) is 0 Å². The number of nitrogen functional groups attached to an aromatic ring is 1. The smallest absolute Gasteiger partial charge is 0.223 e. The van der Waals surface area contributed by atoms with E-state index in [1.54, 1.807) is 7.11 Å². The number of anilines is 4. The van der Waals surface area contributed by atoms with Crippen molar-refractivity contribution in [2.45, 2.75) is 13.5 Å². The van der Waals surface area contributed by atoms with Crippen LogP contribution in [0.25, 0.3) is 0 Å². The van der Waals surface area contributed by atoms with Crippen LogP contribution in [0.3, 0.4) is 0 Å². The molecule has 0 atom stereocenters. The first kappa shape index (κ1) is 14.1. The Labute approximate surface area is 118 Å². The third kappa shape index (κ3) is 3.83. The zero-order valence-corrected chi connectivity index (χ0v) is 11.7. The van der Waals surface area contributed by atoms with Crippen molar-refractivity contribution in [3.63, 3.8) is 0 Å². The average molecular weight is 273 g/mol. The number of nitrogens with two attached hydrogens (primary N) is 1. The van der Waals surface area contributed by atoms with Crippen molar-refractivity contribution >= 4 is 23.3 Å². The summed E-state index contributed by atoms with van der Waals surface area (Å²) in [6.07, 6.45) is 0. The molecule has 1 heterocycles. The van der Waals surface area contributed by atoms with E-state index < -0.39 is 0 Å². The van der Waals surface area contributed by atoms with Gasteiger partial charge in [0.25, 0.3) is 0 Å².